The molecule has 0 rings (SSSR count). The Kier molecular flexibility index (Phi) is 24.3. The van der Waals surface area contributed by atoms with Gasteiger partial charge in [0.15, 0.2) is 0 Å². The predicted molar refractivity (Wildman–Crippen MR) is 11.1 cm³/mol. The van der Waals surface area contributed by atoms with E-state index in [1.807, 2.05) is 0 Å². The molecule has 0 unspecified atom stereocenters. The Labute approximate surface area is 60.4 Å². The molecule has 0 saturated heterocycles. The molecule has 0 fully saturated rings. The second-order valence-corrected chi connectivity index (χ2v) is 0.250. The van der Waals surface area contributed by atoms with Gasteiger partial charge in [0.05, 0.1) is 0 Å². The zero-order chi connectivity index (χ0) is 3.58. The van der Waals surface area contributed by atoms with Crippen LogP contribution in [0.5, 0.6) is 0 Å². The summed E-state index contributed by atoms with van der Waals surface area (Å²) in [5.74, 6) is 0. The van der Waals surface area contributed by atoms with Gasteiger partial charge in [0, 0.05) is 0 Å². The summed E-state index contributed by atoms with van der Waals surface area (Å²) >= 11 is 0. The third-order valence-electron chi connectivity index (χ3n) is 0. The maximum Gasteiger partial charge on any atom is 3.00 e. The second kappa shape index (κ2) is 9.10. The van der Waals surface area contributed by atoms with Crippen LogP contribution in [0.15, 0.2) is 0 Å². The zero-order valence-corrected chi connectivity index (χ0v) is 5.52. The molecule has 0 N–H and O–H groups in total. The minimum absolute atomic E-state index is 0. The van der Waals surface area contributed by atoms with Gasteiger partial charge in [0.25, 0.3) is 0 Å². The summed E-state index contributed by atoms with van der Waals surface area (Å²) in [6, 6.07) is 0. The van der Waals surface area contributed by atoms with Crippen LogP contribution in [0.25, 0.3) is 0 Å². The Morgan fingerprint density at radius 3 is 1.33 bits per heavy atom. The minimum Gasteiger partial charge on any atom is -0.652 e. The van der Waals surface area contributed by atoms with E-state index in [1.165, 1.54) is 0 Å². The van der Waals surface area contributed by atoms with Crippen molar-refractivity contribution in [2.24, 2.45) is 0 Å². The minimum atomic E-state index is -2.33. The van der Waals surface area contributed by atoms with Gasteiger partial charge in [-0.1, -0.05) is 0 Å². The normalized spacial score (nSPS) is 4.00. The first-order valence-electron chi connectivity index (χ1n) is 0.612. The van der Waals surface area contributed by atoms with Crippen LogP contribution in [0.3, 0.4) is 0 Å². The summed E-state index contributed by atoms with van der Waals surface area (Å²) < 4.78 is 0. The van der Waals surface area contributed by atoms with E-state index in [0.29, 0.717) is 0 Å². The van der Waals surface area contributed by atoms with Crippen LogP contribution in [0.2, 0.25) is 0 Å². The molecule has 0 aliphatic heterocycles. The van der Waals surface area contributed by atoms with E-state index in [0.717, 1.165) is 0 Å². The molecule has 0 aromatic rings. The Balaban J connectivity index is -0.0000000450. The maximum atomic E-state index is 8.33. The molecular formula is CAlO3Ti+3. The quantitative estimate of drug-likeness (QED) is 0.336. The average Bonchev–Trinajstić information content (AvgIpc) is 0.811. The van der Waals surface area contributed by atoms with E-state index < -0.39 is 6.16 Å². The first-order chi connectivity index (χ1) is 1.73. The van der Waals surface area contributed by atoms with E-state index in [9.17, 15) is 0 Å². The number of carbonyl (C=O) groups is 1. The van der Waals surface area contributed by atoms with Gasteiger partial charge in [-0.3, -0.25) is 0 Å². The van der Waals surface area contributed by atoms with Crippen LogP contribution in [0.1, 0.15) is 0 Å². The van der Waals surface area contributed by atoms with Crippen molar-refractivity contribution in [1.29, 1.82) is 0 Å². The van der Waals surface area contributed by atoms with E-state index in [1.54, 1.807) is 0 Å². The molecule has 26 valence electrons. The maximum absolute atomic E-state index is 8.33. The molecule has 0 atom stereocenters. The molecule has 6 heavy (non-hydrogen) atoms. The topological polar surface area (TPSA) is 63.2 Å². The summed E-state index contributed by atoms with van der Waals surface area (Å²) in [6.45, 7) is 0. The van der Waals surface area contributed by atoms with E-state index in [4.69, 9.17) is 15.0 Å². The summed E-state index contributed by atoms with van der Waals surface area (Å²) in [5.41, 5.74) is 0. The molecule has 0 radical (unpaired) electrons. The van der Waals surface area contributed by atoms with Gasteiger partial charge in [-0.05, 0) is 6.16 Å². The molecule has 5 heteroatoms. The average molecular weight is 135 g/mol. The molecular weight excluding hydrogens is 135 g/mol. The summed E-state index contributed by atoms with van der Waals surface area (Å²) in [5, 5.41) is 16.7. The summed E-state index contributed by atoms with van der Waals surface area (Å²) in [7, 11) is 0. The van der Waals surface area contributed by atoms with Crippen molar-refractivity contribution in [3.63, 3.8) is 0 Å². The van der Waals surface area contributed by atoms with E-state index in [2.05, 4.69) is 0 Å². The molecule has 0 spiro atoms. The number of carbonyl (C=O) groups excluding carboxylic acids is 1. The molecule has 0 aliphatic carbocycles. The van der Waals surface area contributed by atoms with Crippen molar-refractivity contribution in [1.82, 2.24) is 0 Å². The fraction of sp³-hybridized carbons (Fsp3) is 0. The van der Waals surface area contributed by atoms with E-state index >= 15 is 0 Å². The monoisotopic (exact) mass is 135 g/mol. The van der Waals surface area contributed by atoms with Crippen molar-refractivity contribution in [3.8, 4) is 0 Å². The standard InChI is InChI=1S/CH2O3.Al.Ti/c2-1(3)4;;/h(H2,2,3,4);;/q;+3;+2/p-2. The number of rotatable bonds is 0. The fourth-order valence-electron chi connectivity index (χ4n) is 0. The second-order valence-electron chi connectivity index (χ2n) is 0.250. The molecule has 0 saturated carbocycles. The van der Waals surface area contributed by atoms with Crippen molar-refractivity contribution >= 4 is 23.5 Å². The van der Waals surface area contributed by atoms with Crippen molar-refractivity contribution in [3.05, 3.63) is 0 Å². The van der Waals surface area contributed by atoms with Gasteiger partial charge in [-0.15, -0.1) is 0 Å². The van der Waals surface area contributed by atoms with Crippen LogP contribution >= 0.6 is 0 Å². The Bertz CT molecular complexity index is 33.8. The van der Waals surface area contributed by atoms with Crippen LogP contribution in [-0.2, 0) is 21.7 Å². The third-order valence-corrected chi connectivity index (χ3v) is 0. The van der Waals surface area contributed by atoms with Crippen LogP contribution in [0.4, 0.5) is 4.79 Å². The smallest absolute Gasteiger partial charge is 0.652 e. The Hall–Kier alpha value is 0.517. The largest absolute Gasteiger partial charge is 3.00 e. The Morgan fingerprint density at radius 2 is 1.33 bits per heavy atom. The van der Waals surface area contributed by atoms with Crippen molar-refractivity contribution in [2.45, 2.75) is 0 Å². The molecule has 0 heterocycles. The molecule has 0 bridgehead atoms. The molecule has 0 aromatic carbocycles. The predicted octanol–water partition coefficient (Wildman–Crippen LogP) is -2.83. The zero-order valence-electron chi connectivity index (χ0n) is 2.80. The molecule has 0 amide bonds. The van der Waals surface area contributed by atoms with Gasteiger partial charge < -0.3 is 15.0 Å². The van der Waals surface area contributed by atoms with E-state index in [-0.39, 0.29) is 39.1 Å². The first kappa shape index (κ1) is 16.0. The van der Waals surface area contributed by atoms with Gasteiger partial charge in [0.2, 0.25) is 0 Å². The molecule has 0 aliphatic rings. The van der Waals surface area contributed by atoms with Gasteiger partial charge in [-0.2, -0.15) is 0 Å². The molecule has 0 aromatic heterocycles. The van der Waals surface area contributed by atoms with Gasteiger partial charge in [-0.25, -0.2) is 0 Å². The van der Waals surface area contributed by atoms with Crippen molar-refractivity contribution in [2.75, 3.05) is 0 Å². The summed E-state index contributed by atoms with van der Waals surface area (Å²) in [6.07, 6.45) is -2.33. The van der Waals surface area contributed by atoms with Crippen LogP contribution in [0, 0.1) is 0 Å². The first-order valence-corrected chi connectivity index (χ1v) is 0.612. The van der Waals surface area contributed by atoms with Gasteiger partial charge >= 0.3 is 39.1 Å². The number of carboxylic acid groups (broad SMARTS) is 2. The fourth-order valence-corrected chi connectivity index (χ4v) is 0. The van der Waals surface area contributed by atoms with Crippen LogP contribution in [-0.4, -0.2) is 23.5 Å². The third kappa shape index (κ3) is 209. The Morgan fingerprint density at radius 1 is 1.33 bits per heavy atom. The van der Waals surface area contributed by atoms with Crippen LogP contribution < -0.4 is 10.2 Å². The van der Waals surface area contributed by atoms with Crippen molar-refractivity contribution < 1.29 is 36.7 Å². The summed E-state index contributed by atoms with van der Waals surface area (Å²) in [4.78, 5) is 8.33. The molecule has 3 nitrogen and oxygen atoms in total. The van der Waals surface area contributed by atoms with Gasteiger partial charge in [0.1, 0.15) is 0 Å². The SMILES string of the molecule is O=C([O-])[O-].[Al+3].[Ti+2]. The number of hydrogen-bond donors (Lipinski definition) is 0. The number of hydrogen-bond acceptors (Lipinski definition) is 3.